The molecular weight excluding hydrogens is 270 g/mol. The summed E-state index contributed by atoms with van der Waals surface area (Å²) in [5, 5.41) is 14.5. The monoisotopic (exact) mass is 301 g/mol. The van der Waals surface area contributed by atoms with Crippen LogP contribution in [0, 0.1) is 0 Å². The fourth-order valence-corrected chi connectivity index (χ4v) is 2.04. The van der Waals surface area contributed by atoms with Crippen LogP contribution in [-0.2, 0) is 4.79 Å². The normalized spacial score (nSPS) is 15.3. The summed E-state index contributed by atoms with van der Waals surface area (Å²) in [6.07, 6.45) is 2.22. The quantitative estimate of drug-likeness (QED) is 0.577. The highest BCUT2D eigenvalue weighted by Gasteiger charge is 2.32. The van der Waals surface area contributed by atoms with Gasteiger partial charge in [-0.1, -0.05) is 20.8 Å². The van der Waals surface area contributed by atoms with Crippen molar-refractivity contribution in [2.24, 2.45) is 0 Å². The van der Waals surface area contributed by atoms with Crippen LogP contribution >= 0.6 is 0 Å². The van der Waals surface area contributed by atoms with Gasteiger partial charge in [-0.2, -0.15) is 0 Å². The molecule has 0 bridgehead atoms. The van der Waals surface area contributed by atoms with Crippen molar-refractivity contribution in [1.82, 2.24) is 15.5 Å². The summed E-state index contributed by atoms with van der Waals surface area (Å²) in [5.41, 5.74) is -1.22. The maximum Gasteiger partial charge on any atom is 0.329 e. The number of carbonyl (C=O) groups excluding carboxylic acids is 1. The van der Waals surface area contributed by atoms with Gasteiger partial charge < -0.3 is 20.6 Å². The highest BCUT2D eigenvalue weighted by molar-refractivity contribution is 5.85. The Balaban J connectivity index is 4.13. The number of hydrogen-bond acceptors (Lipinski definition) is 3. The lowest BCUT2D eigenvalue weighted by Gasteiger charge is -2.26. The van der Waals surface area contributed by atoms with Crippen LogP contribution in [0.2, 0.25) is 0 Å². The van der Waals surface area contributed by atoms with Crippen molar-refractivity contribution in [2.75, 3.05) is 19.6 Å². The number of amides is 2. The molecule has 0 heterocycles. The van der Waals surface area contributed by atoms with E-state index >= 15 is 0 Å². The zero-order valence-electron chi connectivity index (χ0n) is 14.0. The molecule has 0 aromatic heterocycles. The maximum absolute atomic E-state index is 11.8. The van der Waals surface area contributed by atoms with Gasteiger partial charge >= 0.3 is 12.0 Å². The van der Waals surface area contributed by atoms with Crippen LogP contribution in [0.15, 0.2) is 0 Å². The van der Waals surface area contributed by atoms with Crippen LogP contribution in [0.3, 0.4) is 0 Å². The largest absolute Gasteiger partial charge is 0.480 e. The van der Waals surface area contributed by atoms with Gasteiger partial charge in [-0.3, -0.25) is 0 Å². The summed E-state index contributed by atoms with van der Waals surface area (Å²) < 4.78 is 0. The lowest BCUT2D eigenvalue weighted by molar-refractivity contribution is -0.143. The Kier molecular flexibility index (Phi) is 9.01. The van der Waals surface area contributed by atoms with Crippen LogP contribution in [0.5, 0.6) is 0 Å². The Morgan fingerprint density at radius 2 is 1.81 bits per heavy atom. The van der Waals surface area contributed by atoms with Crippen molar-refractivity contribution < 1.29 is 14.7 Å². The Morgan fingerprint density at radius 3 is 2.24 bits per heavy atom. The maximum atomic E-state index is 11.8. The smallest absolute Gasteiger partial charge is 0.329 e. The fraction of sp³-hybridized carbons (Fsp3) is 0.867. The van der Waals surface area contributed by atoms with E-state index in [0.29, 0.717) is 6.42 Å². The standard InChI is InChI=1S/C15H31N3O3/c1-6-15(5,13(19)20)17-14(21)16-12(4)10-9-11-18(7-2)8-3/h12H,6-11H2,1-5H3,(H,19,20)(H2,16,17,21). The summed E-state index contributed by atoms with van der Waals surface area (Å²) in [5.74, 6) is -1.02. The highest BCUT2D eigenvalue weighted by Crippen LogP contribution is 2.09. The van der Waals surface area contributed by atoms with Crippen molar-refractivity contribution in [1.29, 1.82) is 0 Å². The molecule has 0 radical (unpaired) electrons. The third kappa shape index (κ3) is 7.32. The molecule has 0 saturated carbocycles. The van der Waals surface area contributed by atoms with Crippen LogP contribution < -0.4 is 10.6 Å². The van der Waals surface area contributed by atoms with E-state index in [9.17, 15) is 9.59 Å². The molecule has 0 aliphatic carbocycles. The summed E-state index contributed by atoms with van der Waals surface area (Å²) in [6, 6.07) is -0.396. The average Bonchev–Trinajstić information content (AvgIpc) is 2.42. The molecule has 0 aliphatic rings. The minimum atomic E-state index is -1.22. The molecule has 0 saturated heterocycles. The minimum Gasteiger partial charge on any atom is -0.480 e. The first-order chi connectivity index (χ1) is 9.78. The number of urea groups is 1. The van der Waals surface area contributed by atoms with Gasteiger partial charge in [0.15, 0.2) is 0 Å². The third-order valence-corrected chi connectivity index (χ3v) is 3.95. The first kappa shape index (κ1) is 19.7. The van der Waals surface area contributed by atoms with E-state index in [2.05, 4.69) is 29.4 Å². The van der Waals surface area contributed by atoms with E-state index in [4.69, 9.17) is 5.11 Å². The number of aliphatic carboxylic acids is 1. The number of rotatable bonds is 10. The van der Waals surface area contributed by atoms with Gasteiger partial charge in [-0.05, 0) is 52.7 Å². The summed E-state index contributed by atoms with van der Waals surface area (Å²) in [6.45, 7) is 12.5. The second kappa shape index (κ2) is 9.60. The Hall–Kier alpha value is -1.30. The molecule has 6 nitrogen and oxygen atoms in total. The van der Waals surface area contributed by atoms with Gasteiger partial charge in [0.05, 0.1) is 0 Å². The SMILES string of the molecule is CCN(CC)CCCC(C)NC(=O)NC(C)(CC)C(=O)O. The zero-order valence-corrected chi connectivity index (χ0v) is 14.0. The molecule has 0 rings (SSSR count). The molecule has 6 heteroatoms. The van der Waals surface area contributed by atoms with Crippen LogP contribution in [0.4, 0.5) is 4.79 Å². The number of nitrogens with one attached hydrogen (secondary N) is 2. The van der Waals surface area contributed by atoms with Crippen LogP contribution in [0.25, 0.3) is 0 Å². The third-order valence-electron chi connectivity index (χ3n) is 3.95. The van der Waals surface area contributed by atoms with Crippen LogP contribution in [0.1, 0.15) is 53.9 Å². The number of carbonyl (C=O) groups is 2. The van der Waals surface area contributed by atoms with Crippen molar-refractivity contribution in [3.63, 3.8) is 0 Å². The first-order valence-electron chi connectivity index (χ1n) is 7.83. The van der Waals surface area contributed by atoms with E-state index in [0.717, 1.165) is 32.5 Å². The van der Waals surface area contributed by atoms with Crippen molar-refractivity contribution in [2.45, 2.75) is 65.5 Å². The number of carboxylic acid groups (broad SMARTS) is 1. The fourth-order valence-electron chi connectivity index (χ4n) is 2.04. The molecular formula is C15H31N3O3. The van der Waals surface area contributed by atoms with Crippen molar-refractivity contribution in [3.8, 4) is 0 Å². The molecule has 0 aliphatic heterocycles. The van der Waals surface area contributed by atoms with Gasteiger partial charge in [-0.25, -0.2) is 9.59 Å². The molecule has 2 atom stereocenters. The molecule has 21 heavy (non-hydrogen) atoms. The van der Waals surface area contributed by atoms with Gasteiger partial charge in [0, 0.05) is 6.04 Å². The molecule has 2 amide bonds. The molecule has 0 aromatic carbocycles. The molecule has 0 aromatic rings. The predicted octanol–water partition coefficient (Wildman–Crippen LogP) is 2.05. The second-order valence-electron chi connectivity index (χ2n) is 5.66. The Bertz CT molecular complexity index is 332. The van der Waals surface area contributed by atoms with Crippen molar-refractivity contribution in [3.05, 3.63) is 0 Å². The average molecular weight is 301 g/mol. The number of nitrogens with zero attached hydrogens (tertiary/aromatic N) is 1. The van der Waals surface area contributed by atoms with Gasteiger partial charge in [0.25, 0.3) is 0 Å². The summed E-state index contributed by atoms with van der Waals surface area (Å²) in [4.78, 5) is 25.3. The lowest BCUT2D eigenvalue weighted by atomic mass is 10.00. The lowest BCUT2D eigenvalue weighted by Crippen LogP contribution is -2.56. The van der Waals surface area contributed by atoms with Gasteiger partial charge in [0.1, 0.15) is 5.54 Å². The minimum absolute atomic E-state index is 0.0236. The number of hydrogen-bond donors (Lipinski definition) is 3. The summed E-state index contributed by atoms with van der Waals surface area (Å²) >= 11 is 0. The summed E-state index contributed by atoms with van der Waals surface area (Å²) in [7, 11) is 0. The van der Waals surface area contributed by atoms with Gasteiger partial charge in [0.2, 0.25) is 0 Å². The molecule has 2 unspecified atom stereocenters. The molecule has 0 spiro atoms. The molecule has 0 fully saturated rings. The second-order valence-corrected chi connectivity index (χ2v) is 5.66. The Morgan fingerprint density at radius 1 is 1.24 bits per heavy atom. The van der Waals surface area contributed by atoms with Gasteiger partial charge in [-0.15, -0.1) is 0 Å². The van der Waals surface area contributed by atoms with Crippen LogP contribution in [-0.4, -0.2) is 53.2 Å². The van der Waals surface area contributed by atoms with E-state index < -0.39 is 17.5 Å². The molecule has 3 N–H and O–H groups in total. The van der Waals surface area contributed by atoms with E-state index in [1.165, 1.54) is 6.92 Å². The first-order valence-corrected chi connectivity index (χ1v) is 7.83. The van der Waals surface area contributed by atoms with E-state index in [1.807, 2.05) is 6.92 Å². The van der Waals surface area contributed by atoms with E-state index in [-0.39, 0.29) is 6.04 Å². The van der Waals surface area contributed by atoms with E-state index in [1.54, 1.807) is 6.92 Å². The zero-order chi connectivity index (χ0) is 16.5. The number of carboxylic acids is 1. The van der Waals surface area contributed by atoms with Crippen molar-refractivity contribution >= 4 is 12.0 Å². The predicted molar refractivity (Wildman–Crippen MR) is 84.5 cm³/mol. The highest BCUT2D eigenvalue weighted by atomic mass is 16.4. The Labute approximate surface area is 128 Å². The topological polar surface area (TPSA) is 81.7 Å². The molecule has 124 valence electrons.